The van der Waals surface area contributed by atoms with Crippen LogP contribution in [-0.4, -0.2) is 28.9 Å². The highest BCUT2D eigenvalue weighted by Crippen LogP contribution is 2.39. The molecule has 2 aliphatic rings. The number of benzene rings is 1. The molecule has 1 aliphatic heterocycles. The third-order valence-electron chi connectivity index (χ3n) is 4.81. The summed E-state index contributed by atoms with van der Waals surface area (Å²) in [4.78, 5) is 13.6. The number of thioether (sulfide) groups is 1. The molecule has 3 nitrogen and oxygen atoms in total. The molecule has 1 aromatic rings. The number of carbonyl (C=O) groups is 1. The predicted molar refractivity (Wildman–Crippen MR) is 85.5 cm³/mol. The lowest BCUT2D eigenvalue weighted by molar-refractivity contribution is -0.123. The van der Waals surface area contributed by atoms with E-state index < -0.39 is 5.60 Å². The molecule has 1 aromatic carbocycles. The van der Waals surface area contributed by atoms with Gasteiger partial charge in [-0.25, -0.2) is 0 Å². The zero-order valence-electron chi connectivity index (χ0n) is 12.5. The zero-order valence-corrected chi connectivity index (χ0v) is 13.3. The Morgan fingerprint density at radius 3 is 2.86 bits per heavy atom. The molecule has 1 atom stereocenters. The topological polar surface area (TPSA) is 49.3 Å². The van der Waals surface area contributed by atoms with Crippen LogP contribution < -0.4 is 5.32 Å². The third kappa shape index (κ3) is 3.27. The maximum absolute atomic E-state index is 12.4. The standard InChI is InChI=1S/C17H23NO2S/c1-12-6-8-17(20,9-7-12)11-18-16(19)14-10-21-15-5-3-2-4-13(14)15/h2-5,12,14,20H,6-11H2,1H3,(H,18,19). The van der Waals surface area contributed by atoms with Crippen LogP contribution in [0.3, 0.4) is 0 Å². The second-order valence-electron chi connectivity index (χ2n) is 6.53. The Kier molecular flexibility index (Phi) is 4.27. The highest BCUT2D eigenvalue weighted by Gasteiger charge is 2.34. The molecule has 1 unspecified atom stereocenters. The molecule has 0 spiro atoms. The molecule has 21 heavy (non-hydrogen) atoms. The first-order valence-electron chi connectivity index (χ1n) is 7.79. The van der Waals surface area contributed by atoms with E-state index in [0.29, 0.717) is 12.5 Å². The number of aliphatic hydroxyl groups is 1. The number of amides is 1. The van der Waals surface area contributed by atoms with Gasteiger partial charge in [0.15, 0.2) is 0 Å². The molecule has 1 amide bonds. The van der Waals surface area contributed by atoms with E-state index in [1.165, 1.54) is 4.90 Å². The first-order chi connectivity index (χ1) is 10.1. The van der Waals surface area contributed by atoms with E-state index in [-0.39, 0.29) is 11.8 Å². The summed E-state index contributed by atoms with van der Waals surface area (Å²) < 4.78 is 0. The molecule has 0 radical (unpaired) electrons. The van der Waals surface area contributed by atoms with Crippen molar-refractivity contribution in [3.05, 3.63) is 29.8 Å². The summed E-state index contributed by atoms with van der Waals surface area (Å²) in [6.07, 6.45) is 3.69. The fraction of sp³-hybridized carbons (Fsp3) is 0.588. The van der Waals surface area contributed by atoms with Gasteiger partial charge in [0.25, 0.3) is 0 Å². The number of carbonyl (C=O) groups excluding carboxylic acids is 1. The summed E-state index contributed by atoms with van der Waals surface area (Å²) in [5.41, 5.74) is 0.428. The Morgan fingerprint density at radius 2 is 2.10 bits per heavy atom. The van der Waals surface area contributed by atoms with E-state index in [2.05, 4.69) is 18.3 Å². The van der Waals surface area contributed by atoms with Crippen molar-refractivity contribution in [2.45, 2.75) is 49.0 Å². The summed E-state index contributed by atoms with van der Waals surface area (Å²) in [5, 5.41) is 13.5. The second-order valence-corrected chi connectivity index (χ2v) is 7.59. The highest BCUT2D eigenvalue weighted by atomic mass is 32.2. The van der Waals surface area contributed by atoms with Gasteiger partial charge in [-0.2, -0.15) is 0 Å². The number of fused-ring (bicyclic) bond motifs is 1. The number of hydrogen-bond donors (Lipinski definition) is 2. The van der Waals surface area contributed by atoms with Gasteiger partial charge in [0.1, 0.15) is 0 Å². The third-order valence-corrected chi connectivity index (χ3v) is 6.00. The van der Waals surface area contributed by atoms with Gasteiger partial charge in [0, 0.05) is 17.2 Å². The van der Waals surface area contributed by atoms with Gasteiger partial charge in [0.2, 0.25) is 5.91 Å². The zero-order chi connectivity index (χ0) is 14.9. The maximum atomic E-state index is 12.4. The molecule has 0 bridgehead atoms. The average molecular weight is 305 g/mol. The van der Waals surface area contributed by atoms with Crippen molar-refractivity contribution in [3.63, 3.8) is 0 Å². The Hall–Kier alpha value is -1.00. The van der Waals surface area contributed by atoms with Crippen molar-refractivity contribution in [3.8, 4) is 0 Å². The van der Waals surface area contributed by atoms with Crippen molar-refractivity contribution in [1.29, 1.82) is 0 Å². The van der Waals surface area contributed by atoms with Crippen LogP contribution in [0.25, 0.3) is 0 Å². The van der Waals surface area contributed by atoms with Crippen LogP contribution in [0.1, 0.15) is 44.1 Å². The molecule has 0 aromatic heterocycles. The van der Waals surface area contributed by atoms with Crippen LogP contribution in [0, 0.1) is 5.92 Å². The molecule has 1 heterocycles. The normalized spacial score (nSPS) is 31.7. The Balaban J connectivity index is 1.58. The van der Waals surface area contributed by atoms with E-state index in [4.69, 9.17) is 0 Å². The molecule has 4 heteroatoms. The molecule has 2 N–H and O–H groups in total. The first kappa shape index (κ1) is 14.9. The molecular weight excluding hydrogens is 282 g/mol. The molecule has 114 valence electrons. The van der Waals surface area contributed by atoms with Crippen LogP contribution >= 0.6 is 11.8 Å². The molecule has 3 rings (SSSR count). The Bertz CT molecular complexity index is 523. The van der Waals surface area contributed by atoms with Gasteiger partial charge in [0.05, 0.1) is 11.5 Å². The quantitative estimate of drug-likeness (QED) is 0.902. The monoisotopic (exact) mass is 305 g/mol. The molecule has 1 aliphatic carbocycles. The fourth-order valence-electron chi connectivity index (χ4n) is 3.23. The highest BCUT2D eigenvalue weighted by molar-refractivity contribution is 7.99. The largest absolute Gasteiger partial charge is 0.388 e. The van der Waals surface area contributed by atoms with Crippen LogP contribution in [0.5, 0.6) is 0 Å². The minimum absolute atomic E-state index is 0.0551. The molecule has 1 saturated carbocycles. The van der Waals surface area contributed by atoms with Gasteiger partial charge in [-0.15, -0.1) is 11.8 Å². The number of nitrogens with one attached hydrogen (secondary N) is 1. The lowest BCUT2D eigenvalue weighted by Crippen LogP contribution is -2.46. The van der Waals surface area contributed by atoms with Gasteiger partial charge < -0.3 is 10.4 Å². The van der Waals surface area contributed by atoms with Gasteiger partial charge in [-0.1, -0.05) is 25.1 Å². The Morgan fingerprint density at radius 1 is 1.38 bits per heavy atom. The fourth-order valence-corrected chi connectivity index (χ4v) is 4.46. The lowest BCUT2D eigenvalue weighted by atomic mass is 9.79. The van der Waals surface area contributed by atoms with Gasteiger partial charge >= 0.3 is 0 Å². The van der Waals surface area contributed by atoms with Gasteiger partial charge in [-0.3, -0.25) is 4.79 Å². The van der Waals surface area contributed by atoms with Crippen molar-refractivity contribution < 1.29 is 9.90 Å². The average Bonchev–Trinajstić information content (AvgIpc) is 2.92. The summed E-state index contributed by atoms with van der Waals surface area (Å²) in [5.74, 6) is 1.48. The molecular formula is C17H23NO2S. The summed E-state index contributed by atoms with van der Waals surface area (Å²) in [7, 11) is 0. The van der Waals surface area contributed by atoms with Crippen molar-refractivity contribution in [2.75, 3.05) is 12.3 Å². The summed E-state index contributed by atoms with van der Waals surface area (Å²) >= 11 is 1.74. The number of rotatable bonds is 3. The van der Waals surface area contributed by atoms with E-state index in [1.807, 2.05) is 18.2 Å². The SMILES string of the molecule is CC1CCC(O)(CNC(=O)C2CSc3ccccc32)CC1. The van der Waals surface area contributed by atoms with Crippen molar-refractivity contribution in [2.24, 2.45) is 5.92 Å². The lowest BCUT2D eigenvalue weighted by Gasteiger charge is -2.35. The Labute approximate surface area is 130 Å². The minimum atomic E-state index is -0.701. The van der Waals surface area contributed by atoms with Crippen LogP contribution in [0.15, 0.2) is 29.2 Å². The first-order valence-corrected chi connectivity index (χ1v) is 8.78. The van der Waals surface area contributed by atoms with E-state index in [9.17, 15) is 9.90 Å². The maximum Gasteiger partial charge on any atom is 0.228 e. The van der Waals surface area contributed by atoms with E-state index in [0.717, 1.165) is 37.0 Å². The summed E-state index contributed by atoms with van der Waals surface area (Å²) in [6.45, 7) is 2.62. The van der Waals surface area contributed by atoms with E-state index in [1.54, 1.807) is 11.8 Å². The predicted octanol–water partition coefficient (Wildman–Crippen LogP) is 2.93. The summed E-state index contributed by atoms with van der Waals surface area (Å²) in [6, 6.07) is 8.11. The molecule has 1 fully saturated rings. The van der Waals surface area contributed by atoms with Crippen LogP contribution in [0.2, 0.25) is 0 Å². The van der Waals surface area contributed by atoms with Gasteiger partial charge in [-0.05, 0) is 43.2 Å². The van der Waals surface area contributed by atoms with Crippen LogP contribution in [0.4, 0.5) is 0 Å². The minimum Gasteiger partial charge on any atom is -0.388 e. The van der Waals surface area contributed by atoms with Crippen LogP contribution in [-0.2, 0) is 4.79 Å². The smallest absolute Gasteiger partial charge is 0.228 e. The second kappa shape index (κ2) is 6.01. The van der Waals surface area contributed by atoms with Crippen molar-refractivity contribution in [1.82, 2.24) is 5.32 Å². The van der Waals surface area contributed by atoms with E-state index >= 15 is 0 Å². The number of hydrogen-bond acceptors (Lipinski definition) is 3. The van der Waals surface area contributed by atoms with Crippen molar-refractivity contribution >= 4 is 17.7 Å². The molecule has 0 saturated heterocycles.